The van der Waals surface area contributed by atoms with Crippen molar-refractivity contribution in [2.75, 3.05) is 20.2 Å². The fourth-order valence-corrected chi connectivity index (χ4v) is 2.46. The van der Waals surface area contributed by atoms with Crippen molar-refractivity contribution in [3.8, 4) is 5.75 Å². The Balaban J connectivity index is 2.04. The molecule has 1 aromatic carbocycles. The number of hydrogen-bond acceptors (Lipinski definition) is 3. The maximum absolute atomic E-state index is 13.2. The highest BCUT2D eigenvalue weighted by atomic mass is 19.3. The van der Waals surface area contributed by atoms with Crippen LogP contribution in [-0.2, 0) is 4.79 Å². The summed E-state index contributed by atoms with van der Waals surface area (Å²) in [4.78, 5) is 13.4. The summed E-state index contributed by atoms with van der Waals surface area (Å²) in [5, 5.41) is 0. The minimum atomic E-state index is -2.79. The van der Waals surface area contributed by atoms with Crippen molar-refractivity contribution in [3.63, 3.8) is 0 Å². The van der Waals surface area contributed by atoms with Crippen molar-refractivity contribution in [1.82, 2.24) is 4.90 Å². The molecule has 1 fully saturated rings. The smallest absolute Gasteiger partial charge is 0.267 e. The molecule has 2 N–H and O–H groups in total. The summed E-state index contributed by atoms with van der Waals surface area (Å²) in [5.74, 6) is -2.75. The normalized spacial score (nSPS) is 20.1. The number of carbonyl (C=O) groups excluding carboxylic acids is 1. The van der Waals surface area contributed by atoms with Crippen LogP contribution >= 0.6 is 0 Å². The zero-order valence-electron chi connectivity index (χ0n) is 12.2. The topological polar surface area (TPSA) is 55.6 Å². The standard InChI is InChI=1S/C15H20F2N2O2/c1-10(11-3-5-12(21-2)6-4-11)13(18)14(20)19-8-7-15(16,17)9-19/h3-6,10,13H,7-9,18H2,1-2H3/t10-,13?/m0/s1. The molecular formula is C15H20F2N2O2. The molecule has 0 radical (unpaired) electrons. The summed E-state index contributed by atoms with van der Waals surface area (Å²) >= 11 is 0. The maximum atomic E-state index is 13.2. The zero-order chi connectivity index (χ0) is 15.6. The molecule has 1 saturated heterocycles. The van der Waals surface area contributed by atoms with E-state index in [0.717, 1.165) is 10.5 Å². The van der Waals surface area contributed by atoms with Gasteiger partial charge in [0.2, 0.25) is 5.91 Å². The average Bonchev–Trinajstić information content (AvgIpc) is 2.85. The maximum Gasteiger partial charge on any atom is 0.267 e. The van der Waals surface area contributed by atoms with Gasteiger partial charge in [-0.05, 0) is 17.7 Å². The number of hydrogen-bond donors (Lipinski definition) is 1. The van der Waals surface area contributed by atoms with Gasteiger partial charge in [-0.25, -0.2) is 8.78 Å². The molecule has 1 heterocycles. The summed E-state index contributed by atoms with van der Waals surface area (Å²) in [6, 6.07) is 6.40. The van der Waals surface area contributed by atoms with Gasteiger partial charge in [-0.15, -0.1) is 0 Å². The Kier molecular flexibility index (Phi) is 4.46. The van der Waals surface area contributed by atoms with E-state index in [2.05, 4.69) is 0 Å². The average molecular weight is 298 g/mol. The third kappa shape index (κ3) is 3.50. The van der Waals surface area contributed by atoms with E-state index in [0.29, 0.717) is 5.75 Å². The summed E-state index contributed by atoms with van der Waals surface area (Å²) in [7, 11) is 1.57. The van der Waals surface area contributed by atoms with E-state index in [1.54, 1.807) is 19.2 Å². The molecule has 0 saturated carbocycles. The molecule has 2 atom stereocenters. The molecule has 1 aliphatic rings. The molecule has 0 aromatic heterocycles. The molecule has 1 aliphatic heterocycles. The van der Waals surface area contributed by atoms with Gasteiger partial charge in [-0.1, -0.05) is 19.1 Å². The summed E-state index contributed by atoms with van der Waals surface area (Å²) in [5.41, 5.74) is 6.84. The molecule has 1 amide bonds. The summed E-state index contributed by atoms with van der Waals surface area (Å²) in [6.07, 6.45) is -0.289. The van der Waals surface area contributed by atoms with Crippen LogP contribution in [0.3, 0.4) is 0 Å². The van der Waals surface area contributed by atoms with Crippen LogP contribution in [0, 0.1) is 0 Å². The molecule has 2 rings (SSSR count). The second-order valence-corrected chi connectivity index (χ2v) is 5.45. The lowest BCUT2D eigenvalue weighted by atomic mass is 9.93. The monoisotopic (exact) mass is 298 g/mol. The first-order valence-corrected chi connectivity index (χ1v) is 6.90. The molecule has 0 spiro atoms. The second-order valence-electron chi connectivity index (χ2n) is 5.45. The van der Waals surface area contributed by atoms with Gasteiger partial charge in [-0.2, -0.15) is 0 Å². The minimum absolute atomic E-state index is 0.0644. The first-order valence-electron chi connectivity index (χ1n) is 6.90. The Labute approximate surface area is 122 Å². The molecule has 4 nitrogen and oxygen atoms in total. The van der Waals surface area contributed by atoms with E-state index < -0.39 is 24.4 Å². The van der Waals surface area contributed by atoms with E-state index in [4.69, 9.17) is 10.5 Å². The lowest BCUT2D eigenvalue weighted by Crippen LogP contribution is -2.46. The highest BCUT2D eigenvalue weighted by Gasteiger charge is 2.42. The van der Waals surface area contributed by atoms with Crippen LogP contribution in [0.5, 0.6) is 5.75 Å². The fraction of sp³-hybridized carbons (Fsp3) is 0.533. The number of likely N-dealkylation sites (tertiary alicyclic amines) is 1. The SMILES string of the molecule is COc1ccc([C@H](C)C(N)C(=O)N2CCC(F)(F)C2)cc1. The highest BCUT2D eigenvalue weighted by molar-refractivity contribution is 5.83. The number of halogens is 2. The lowest BCUT2D eigenvalue weighted by Gasteiger charge is -2.25. The van der Waals surface area contributed by atoms with Crippen LogP contribution in [0.2, 0.25) is 0 Å². The van der Waals surface area contributed by atoms with Crippen LogP contribution < -0.4 is 10.5 Å². The van der Waals surface area contributed by atoms with Crippen LogP contribution in [0.4, 0.5) is 8.78 Å². The third-order valence-electron chi connectivity index (χ3n) is 3.95. The quantitative estimate of drug-likeness (QED) is 0.925. The molecule has 1 unspecified atom stereocenters. The predicted octanol–water partition coefficient (Wildman–Crippen LogP) is 1.99. The molecule has 6 heteroatoms. The van der Waals surface area contributed by atoms with Crippen molar-refractivity contribution < 1.29 is 18.3 Å². The number of rotatable bonds is 4. The Bertz CT molecular complexity index is 505. The molecule has 1 aromatic rings. The molecule has 0 bridgehead atoms. The number of nitrogens with zero attached hydrogens (tertiary/aromatic N) is 1. The van der Waals surface area contributed by atoms with Crippen molar-refractivity contribution in [1.29, 1.82) is 0 Å². The second kappa shape index (κ2) is 5.97. The fourth-order valence-electron chi connectivity index (χ4n) is 2.46. The number of benzene rings is 1. The van der Waals surface area contributed by atoms with Gasteiger partial charge in [0.05, 0.1) is 19.7 Å². The Hall–Kier alpha value is -1.69. The predicted molar refractivity (Wildman–Crippen MR) is 75.5 cm³/mol. The first-order chi connectivity index (χ1) is 9.84. The minimum Gasteiger partial charge on any atom is -0.497 e. The van der Waals surface area contributed by atoms with Gasteiger partial charge in [0, 0.05) is 18.9 Å². The number of nitrogens with two attached hydrogens (primary N) is 1. The number of carbonyl (C=O) groups is 1. The number of ether oxygens (including phenoxy) is 1. The van der Waals surface area contributed by atoms with E-state index in [-0.39, 0.29) is 18.9 Å². The number of amides is 1. The van der Waals surface area contributed by atoms with Gasteiger partial charge in [0.25, 0.3) is 5.92 Å². The Morgan fingerprint density at radius 2 is 2.00 bits per heavy atom. The van der Waals surface area contributed by atoms with Crippen LogP contribution in [0.25, 0.3) is 0 Å². The van der Waals surface area contributed by atoms with E-state index in [1.807, 2.05) is 19.1 Å². The van der Waals surface area contributed by atoms with Crippen LogP contribution in [0.15, 0.2) is 24.3 Å². The highest BCUT2D eigenvalue weighted by Crippen LogP contribution is 2.29. The van der Waals surface area contributed by atoms with Crippen LogP contribution in [-0.4, -0.2) is 43.0 Å². The van der Waals surface area contributed by atoms with Crippen molar-refractivity contribution in [2.45, 2.75) is 31.2 Å². The molecule has 116 valence electrons. The van der Waals surface area contributed by atoms with Gasteiger partial charge >= 0.3 is 0 Å². The van der Waals surface area contributed by atoms with Gasteiger partial charge in [0.15, 0.2) is 0 Å². The largest absolute Gasteiger partial charge is 0.497 e. The van der Waals surface area contributed by atoms with Crippen molar-refractivity contribution in [3.05, 3.63) is 29.8 Å². The third-order valence-corrected chi connectivity index (χ3v) is 3.95. The first kappa shape index (κ1) is 15.7. The summed E-state index contributed by atoms with van der Waals surface area (Å²) in [6.45, 7) is 1.35. The van der Waals surface area contributed by atoms with Crippen LogP contribution in [0.1, 0.15) is 24.8 Å². The van der Waals surface area contributed by atoms with Gasteiger partial charge < -0.3 is 15.4 Å². The van der Waals surface area contributed by atoms with Crippen molar-refractivity contribution >= 4 is 5.91 Å². The lowest BCUT2D eigenvalue weighted by molar-refractivity contribution is -0.133. The van der Waals surface area contributed by atoms with E-state index in [1.165, 1.54) is 0 Å². The van der Waals surface area contributed by atoms with Gasteiger partial charge in [-0.3, -0.25) is 4.79 Å². The van der Waals surface area contributed by atoms with E-state index in [9.17, 15) is 13.6 Å². The Morgan fingerprint density at radius 3 is 2.48 bits per heavy atom. The van der Waals surface area contributed by atoms with E-state index >= 15 is 0 Å². The zero-order valence-corrected chi connectivity index (χ0v) is 12.2. The van der Waals surface area contributed by atoms with Crippen molar-refractivity contribution in [2.24, 2.45) is 5.73 Å². The van der Waals surface area contributed by atoms with Gasteiger partial charge in [0.1, 0.15) is 5.75 Å². The molecule has 21 heavy (non-hydrogen) atoms. The molecular weight excluding hydrogens is 278 g/mol. The molecule has 0 aliphatic carbocycles. The Morgan fingerprint density at radius 1 is 1.38 bits per heavy atom. The number of alkyl halides is 2. The summed E-state index contributed by atoms with van der Waals surface area (Å²) < 4.78 is 31.4. The number of methoxy groups -OCH3 is 1.